The summed E-state index contributed by atoms with van der Waals surface area (Å²) in [5, 5.41) is 17.1. The zero-order valence-electron chi connectivity index (χ0n) is 20.6. The summed E-state index contributed by atoms with van der Waals surface area (Å²) in [6, 6.07) is 11.5. The number of carbonyl (C=O) groups is 1. The molecule has 0 bridgehead atoms. The van der Waals surface area contributed by atoms with Crippen LogP contribution < -0.4 is 15.4 Å². The zero-order chi connectivity index (χ0) is 24.7. The van der Waals surface area contributed by atoms with Crippen molar-refractivity contribution in [3.8, 4) is 17.0 Å². The Hall–Kier alpha value is -3.39. The molecule has 8 heteroatoms. The molecular weight excluding hydrogens is 430 g/mol. The second-order valence-corrected chi connectivity index (χ2v) is 10.2. The van der Waals surface area contributed by atoms with E-state index in [2.05, 4.69) is 55.3 Å². The molecule has 0 radical (unpaired) electrons. The fraction of sp³-hybridized carbons (Fsp3) is 0.423. The molecule has 2 aromatic carbocycles. The van der Waals surface area contributed by atoms with Crippen LogP contribution in [0.5, 0.6) is 5.75 Å². The van der Waals surface area contributed by atoms with E-state index < -0.39 is 6.09 Å². The highest BCUT2D eigenvalue weighted by molar-refractivity contribution is 6.02. The average Bonchev–Trinajstić information content (AvgIpc) is 2.76. The number of aromatic nitrogens is 2. The number of likely N-dealkylation sites (tertiary alicyclic amines) is 1. The molecule has 180 valence electrons. The first-order valence-corrected chi connectivity index (χ1v) is 11.4. The van der Waals surface area contributed by atoms with Crippen LogP contribution in [0.2, 0.25) is 0 Å². The van der Waals surface area contributed by atoms with Gasteiger partial charge in [-0.2, -0.15) is 0 Å². The SMILES string of the molecule is COc1ccc2cc(-c3ccnc(NC4CC(C)(C)N(C)C(C)(C)C4)n3)cc(NC(=O)O)c2c1. The minimum atomic E-state index is -1.13. The first-order chi connectivity index (χ1) is 16.0. The predicted octanol–water partition coefficient (Wildman–Crippen LogP) is 5.46. The summed E-state index contributed by atoms with van der Waals surface area (Å²) in [6.45, 7) is 9.06. The molecule has 0 unspecified atom stereocenters. The van der Waals surface area contributed by atoms with Crippen molar-refractivity contribution in [2.75, 3.05) is 24.8 Å². The fourth-order valence-corrected chi connectivity index (χ4v) is 5.08. The Morgan fingerprint density at radius 1 is 1.12 bits per heavy atom. The van der Waals surface area contributed by atoms with Crippen molar-refractivity contribution in [2.24, 2.45) is 0 Å². The van der Waals surface area contributed by atoms with Crippen molar-refractivity contribution in [3.05, 3.63) is 42.6 Å². The van der Waals surface area contributed by atoms with Crippen LogP contribution in [0.4, 0.5) is 16.4 Å². The largest absolute Gasteiger partial charge is 0.497 e. The van der Waals surface area contributed by atoms with E-state index in [9.17, 15) is 9.90 Å². The summed E-state index contributed by atoms with van der Waals surface area (Å²) in [7, 11) is 3.77. The van der Waals surface area contributed by atoms with Gasteiger partial charge in [0.05, 0.1) is 18.5 Å². The number of hydrogen-bond acceptors (Lipinski definition) is 6. The van der Waals surface area contributed by atoms with Crippen LogP contribution in [0.1, 0.15) is 40.5 Å². The molecule has 3 N–H and O–H groups in total. The lowest BCUT2D eigenvalue weighted by molar-refractivity contribution is -0.00778. The van der Waals surface area contributed by atoms with Gasteiger partial charge in [-0.1, -0.05) is 6.07 Å². The Morgan fingerprint density at radius 2 is 1.82 bits per heavy atom. The van der Waals surface area contributed by atoms with E-state index in [1.54, 1.807) is 19.4 Å². The van der Waals surface area contributed by atoms with Gasteiger partial charge in [0.1, 0.15) is 5.75 Å². The molecule has 1 fully saturated rings. The van der Waals surface area contributed by atoms with Crippen LogP contribution >= 0.6 is 0 Å². The Morgan fingerprint density at radius 3 is 2.47 bits per heavy atom. The summed E-state index contributed by atoms with van der Waals surface area (Å²) in [4.78, 5) is 23.1. The van der Waals surface area contributed by atoms with Crippen LogP contribution in [0.15, 0.2) is 42.6 Å². The predicted molar refractivity (Wildman–Crippen MR) is 136 cm³/mol. The highest BCUT2D eigenvalue weighted by atomic mass is 16.5. The fourth-order valence-electron chi connectivity index (χ4n) is 5.08. The maximum absolute atomic E-state index is 11.4. The third-order valence-electron chi connectivity index (χ3n) is 7.00. The molecule has 1 aromatic heterocycles. The third-order valence-corrected chi connectivity index (χ3v) is 7.00. The number of benzene rings is 2. The van der Waals surface area contributed by atoms with Gasteiger partial charge in [0, 0.05) is 34.3 Å². The molecule has 1 aliphatic rings. The quantitative estimate of drug-likeness (QED) is 0.462. The number of amides is 1. The Labute approximate surface area is 200 Å². The lowest BCUT2D eigenvalue weighted by atomic mass is 9.77. The number of fused-ring (bicyclic) bond motifs is 1. The van der Waals surface area contributed by atoms with Crippen LogP contribution in [0, 0.1) is 0 Å². The number of carboxylic acid groups (broad SMARTS) is 1. The first-order valence-electron chi connectivity index (χ1n) is 11.4. The normalized spacial score (nSPS) is 17.9. The number of ether oxygens (including phenoxy) is 1. The summed E-state index contributed by atoms with van der Waals surface area (Å²) in [6.07, 6.45) is 2.56. The van der Waals surface area contributed by atoms with Crippen molar-refractivity contribution in [3.63, 3.8) is 0 Å². The minimum Gasteiger partial charge on any atom is -0.497 e. The molecule has 0 aliphatic carbocycles. The van der Waals surface area contributed by atoms with Crippen LogP contribution in [0.25, 0.3) is 22.0 Å². The molecule has 2 heterocycles. The molecular formula is C26H33N5O3. The number of anilines is 2. The van der Waals surface area contributed by atoms with Crippen molar-refractivity contribution >= 4 is 28.5 Å². The molecule has 0 atom stereocenters. The standard InChI is InChI=1S/C26H33N5O3/c1-25(2)14-18(15-26(3,4)31(25)5)28-23-27-10-9-21(29-23)17-11-16-7-8-19(34-6)13-20(16)22(12-17)30-24(32)33/h7-13,18,30H,14-15H2,1-6H3,(H,32,33)(H,27,28,29). The molecule has 3 aromatic rings. The zero-order valence-corrected chi connectivity index (χ0v) is 20.6. The highest BCUT2D eigenvalue weighted by Crippen LogP contribution is 2.38. The molecule has 1 saturated heterocycles. The van der Waals surface area contributed by atoms with Gasteiger partial charge >= 0.3 is 6.09 Å². The van der Waals surface area contributed by atoms with E-state index in [4.69, 9.17) is 9.72 Å². The lowest BCUT2D eigenvalue weighted by Gasteiger charge is -2.53. The van der Waals surface area contributed by atoms with Gasteiger partial charge in [0.2, 0.25) is 5.95 Å². The smallest absolute Gasteiger partial charge is 0.409 e. The molecule has 0 saturated carbocycles. The first kappa shape index (κ1) is 23.8. The van der Waals surface area contributed by atoms with Gasteiger partial charge in [-0.25, -0.2) is 14.8 Å². The Balaban J connectivity index is 1.67. The maximum atomic E-state index is 11.4. The Bertz CT molecular complexity index is 1210. The number of hydrogen-bond donors (Lipinski definition) is 3. The lowest BCUT2D eigenvalue weighted by Crippen LogP contribution is -2.61. The van der Waals surface area contributed by atoms with Crippen LogP contribution in [-0.4, -0.2) is 57.3 Å². The van der Waals surface area contributed by atoms with Crippen molar-refractivity contribution < 1.29 is 14.6 Å². The van der Waals surface area contributed by atoms with Crippen LogP contribution in [0.3, 0.4) is 0 Å². The second-order valence-electron chi connectivity index (χ2n) is 10.2. The van der Waals surface area contributed by atoms with E-state index in [1.807, 2.05) is 30.3 Å². The van der Waals surface area contributed by atoms with E-state index in [1.165, 1.54) is 0 Å². The van der Waals surface area contributed by atoms with E-state index in [0.29, 0.717) is 17.4 Å². The molecule has 8 nitrogen and oxygen atoms in total. The number of nitrogens with zero attached hydrogens (tertiary/aromatic N) is 3. The summed E-state index contributed by atoms with van der Waals surface area (Å²) in [5.41, 5.74) is 2.10. The Kier molecular flexibility index (Phi) is 6.12. The van der Waals surface area contributed by atoms with E-state index >= 15 is 0 Å². The van der Waals surface area contributed by atoms with Crippen molar-refractivity contribution in [1.29, 1.82) is 0 Å². The maximum Gasteiger partial charge on any atom is 0.409 e. The number of nitrogens with one attached hydrogen (secondary N) is 2. The number of piperidine rings is 1. The molecule has 1 amide bonds. The summed E-state index contributed by atoms with van der Waals surface area (Å²) >= 11 is 0. The van der Waals surface area contributed by atoms with Gasteiger partial charge in [0.25, 0.3) is 0 Å². The molecule has 1 aliphatic heterocycles. The van der Waals surface area contributed by atoms with Crippen molar-refractivity contribution in [1.82, 2.24) is 14.9 Å². The monoisotopic (exact) mass is 463 g/mol. The van der Waals surface area contributed by atoms with Gasteiger partial charge in [0.15, 0.2) is 0 Å². The molecule has 0 spiro atoms. The van der Waals surface area contributed by atoms with Gasteiger partial charge in [-0.15, -0.1) is 0 Å². The third kappa shape index (κ3) is 4.77. The average molecular weight is 464 g/mol. The minimum absolute atomic E-state index is 0.0494. The van der Waals surface area contributed by atoms with E-state index in [0.717, 1.165) is 34.9 Å². The van der Waals surface area contributed by atoms with Crippen LogP contribution in [-0.2, 0) is 0 Å². The van der Waals surface area contributed by atoms with Gasteiger partial charge in [-0.3, -0.25) is 10.2 Å². The van der Waals surface area contributed by atoms with E-state index in [-0.39, 0.29) is 17.1 Å². The topological polar surface area (TPSA) is 99.6 Å². The summed E-state index contributed by atoms with van der Waals surface area (Å²) in [5.74, 6) is 1.23. The summed E-state index contributed by atoms with van der Waals surface area (Å²) < 4.78 is 5.31. The highest BCUT2D eigenvalue weighted by Gasteiger charge is 2.43. The molecule has 34 heavy (non-hydrogen) atoms. The molecule has 4 rings (SSSR count). The van der Waals surface area contributed by atoms with Gasteiger partial charge < -0.3 is 15.2 Å². The number of rotatable bonds is 5. The second kappa shape index (κ2) is 8.76. The number of methoxy groups -OCH3 is 1. The van der Waals surface area contributed by atoms with Gasteiger partial charge in [-0.05, 0) is 83.3 Å². The van der Waals surface area contributed by atoms with Crippen molar-refractivity contribution in [2.45, 2.75) is 57.7 Å².